The molecule has 0 unspecified atom stereocenters. The molecule has 0 amide bonds. The average Bonchev–Trinajstić information content (AvgIpc) is 2.97. The molecule has 0 spiro atoms. The van der Waals surface area contributed by atoms with E-state index in [1.165, 1.54) is 11.4 Å². The highest BCUT2D eigenvalue weighted by molar-refractivity contribution is 6.15. The Balaban J connectivity index is 1.56. The maximum atomic E-state index is 5.67. The Morgan fingerprint density at radius 3 is 1.34 bits per heavy atom. The molecule has 2 aromatic heterocycles. The lowest BCUT2D eigenvalue weighted by atomic mass is 10.0. The maximum Gasteiger partial charge on any atom is 0.0730 e. The van der Waals surface area contributed by atoms with Gasteiger partial charge in [0.05, 0.1) is 33.4 Å². The number of benzene rings is 4. The van der Waals surface area contributed by atoms with Crippen LogP contribution in [0.2, 0.25) is 0 Å². The lowest BCUT2D eigenvalue weighted by Crippen LogP contribution is -2.25. The molecule has 0 aliphatic rings. The van der Waals surface area contributed by atoms with E-state index in [0.717, 1.165) is 89.1 Å². The van der Waals surface area contributed by atoms with E-state index >= 15 is 0 Å². The van der Waals surface area contributed by atoms with Crippen LogP contribution in [0.25, 0.3) is 43.6 Å². The number of para-hydroxylation sites is 4. The zero-order valence-electron chi connectivity index (χ0n) is 21.6. The second kappa shape index (κ2) is 11.1. The molecule has 0 bridgehead atoms. The average molecular weight is 500 g/mol. The normalized spacial score (nSPS) is 11.6. The van der Waals surface area contributed by atoms with Crippen molar-refractivity contribution >= 4 is 55.0 Å². The van der Waals surface area contributed by atoms with Crippen molar-refractivity contribution in [2.75, 3.05) is 31.1 Å². The van der Waals surface area contributed by atoms with E-state index in [0.29, 0.717) is 0 Å². The Morgan fingerprint density at radius 1 is 0.526 bits per heavy atom. The third kappa shape index (κ3) is 4.67. The van der Waals surface area contributed by atoms with Crippen LogP contribution in [0.3, 0.4) is 0 Å². The van der Waals surface area contributed by atoms with Crippen molar-refractivity contribution in [3.05, 3.63) is 97.1 Å². The third-order valence-electron chi connectivity index (χ3n) is 7.20. The van der Waals surface area contributed by atoms with Crippen LogP contribution in [-0.2, 0) is 0 Å². The van der Waals surface area contributed by atoms with Gasteiger partial charge in [0.25, 0.3) is 0 Å². The first-order chi connectivity index (χ1) is 18.8. The molecule has 0 aliphatic heterocycles. The Kier molecular flexibility index (Phi) is 7.12. The number of fused-ring (bicyclic) bond motifs is 4. The minimum atomic E-state index is 0.750. The largest absolute Gasteiger partial charge is 0.339 e. The number of nitrogens with zero attached hydrogens (tertiary/aromatic N) is 3. The number of nitrogens with one attached hydrogen (secondary N) is 1. The fourth-order valence-electron chi connectivity index (χ4n) is 5.43. The summed E-state index contributed by atoms with van der Waals surface area (Å²) < 4.78 is 0. The van der Waals surface area contributed by atoms with Crippen molar-refractivity contribution in [2.24, 2.45) is 5.73 Å². The number of pyridine rings is 2. The van der Waals surface area contributed by atoms with Crippen molar-refractivity contribution in [3.8, 4) is 0 Å². The van der Waals surface area contributed by atoms with Crippen LogP contribution in [-0.4, -0.2) is 36.1 Å². The Labute approximate surface area is 223 Å². The second-order valence-electron chi connectivity index (χ2n) is 9.74. The first-order valence-electron chi connectivity index (χ1n) is 13.6. The number of nitrogens with two attached hydrogens (primary N) is 1. The molecule has 6 rings (SSSR count). The fraction of sp³-hybridized carbons (Fsp3) is 0.212. The van der Waals surface area contributed by atoms with E-state index in [2.05, 4.69) is 107 Å². The van der Waals surface area contributed by atoms with E-state index in [9.17, 15) is 0 Å². The van der Waals surface area contributed by atoms with Crippen LogP contribution >= 0.6 is 0 Å². The predicted molar refractivity (Wildman–Crippen MR) is 161 cm³/mol. The molecule has 2 heterocycles. The molecule has 0 saturated carbocycles. The van der Waals surface area contributed by atoms with Crippen molar-refractivity contribution < 1.29 is 0 Å². The molecule has 0 saturated heterocycles. The van der Waals surface area contributed by atoms with Gasteiger partial charge in [-0.1, -0.05) is 72.8 Å². The Bertz CT molecular complexity index is 1480. The van der Waals surface area contributed by atoms with Crippen LogP contribution < -0.4 is 16.0 Å². The van der Waals surface area contributed by atoms with Crippen LogP contribution in [0, 0.1) is 0 Å². The van der Waals surface area contributed by atoms with Gasteiger partial charge in [-0.25, -0.2) is 9.97 Å². The summed E-state index contributed by atoms with van der Waals surface area (Å²) in [5, 5.41) is 8.26. The van der Waals surface area contributed by atoms with E-state index in [4.69, 9.17) is 15.7 Å². The molecule has 0 fully saturated rings. The standard InChI is InChI=1S/C33H33N5/c34-20-9-10-21-35-22-11-23-38(32-24-12-1-5-16-28(24)36-29-17-6-2-13-25(29)32)33-26-14-3-7-18-30(26)37-31-19-8-4-15-27(31)33/h1-8,12-19,35H,9-11,20-23,34H2. The monoisotopic (exact) mass is 499 g/mol. The number of hydrogen-bond acceptors (Lipinski definition) is 5. The second-order valence-corrected chi connectivity index (χ2v) is 9.74. The number of unbranched alkanes of at least 4 members (excludes halogenated alkanes) is 1. The molecule has 0 radical (unpaired) electrons. The van der Waals surface area contributed by atoms with Crippen LogP contribution in [0.1, 0.15) is 19.3 Å². The number of rotatable bonds is 10. The molecule has 0 atom stereocenters. The van der Waals surface area contributed by atoms with Gasteiger partial charge in [0.15, 0.2) is 0 Å². The molecular weight excluding hydrogens is 466 g/mol. The summed E-state index contributed by atoms with van der Waals surface area (Å²) in [5.74, 6) is 0. The molecule has 38 heavy (non-hydrogen) atoms. The summed E-state index contributed by atoms with van der Waals surface area (Å²) >= 11 is 0. The van der Waals surface area contributed by atoms with Crippen molar-refractivity contribution in [3.63, 3.8) is 0 Å². The first kappa shape index (κ1) is 24.3. The summed E-state index contributed by atoms with van der Waals surface area (Å²) in [5.41, 5.74) is 12.1. The highest BCUT2D eigenvalue weighted by Gasteiger charge is 2.21. The molecule has 0 aliphatic carbocycles. The van der Waals surface area contributed by atoms with Crippen LogP contribution in [0.15, 0.2) is 97.1 Å². The third-order valence-corrected chi connectivity index (χ3v) is 7.20. The highest BCUT2D eigenvalue weighted by Crippen LogP contribution is 2.43. The van der Waals surface area contributed by atoms with Crippen molar-refractivity contribution in [1.29, 1.82) is 0 Å². The van der Waals surface area contributed by atoms with Gasteiger partial charge in [0.2, 0.25) is 0 Å². The van der Waals surface area contributed by atoms with Gasteiger partial charge in [-0.15, -0.1) is 0 Å². The van der Waals surface area contributed by atoms with Gasteiger partial charge >= 0.3 is 0 Å². The summed E-state index contributed by atoms with van der Waals surface area (Å²) in [6.45, 7) is 3.56. The Hall–Kier alpha value is -4.06. The van der Waals surface area contributed by atoms with Gasteiger partial charge in [-0.2, -0.15) is 0 Å². The Morgan fingerprint density at radius 2 is 0.921 bits per heavy atom. The molecule has 3 N–H and O–H groups in total. The van der Waals surface area contributed by atoms with Crippen molar-refractivity contribution in [1.82, 2.24) is 15.3 Å². The quantitative estimate of drug-likeness (QED) is 0.158. The highest BCUT2D eigenvalue weighted by atomic mass is 15.1. The van der Waals surface area contributed by atoms with Gasteiger partial charge in [-0.3, -0.25) is 0 Å². The molecule has 5 nitrogen and oxygen atoms in total. The smallest absolute Gasteiger partial charge is 0.0730 e. The molecule has 190 valence electrons. The minimum absolute atomic E-state index is 0.750. The summed E-state index contributed by atoms with van der Waals surface area (Å²) in [6, 6.07) is 34.0. The SMILES string of the molecule is NCCCCNCCCN(c1c2ccccc2nc2ccccc12)c1c2ccccc2nc2ccccc12. The van der Waals surface area contributed by atoms with E-state index in [-0.39, 0.29) is 0 Å². The zero-order chi connectivity index (χ0) is 25.7. The number of anilines is 2. The molecule has 4 aromatic carbocycles. The summed E-state index contributed by atoms with van der Waals surface area (Å²) in [6.07, 6.45) is 3.17. The molecular formula is C33H33N5. The predicted octanol–water partition coefficient (Wildman–Crippen LogP) is 6.95. The molecule has 6 aromatic rings. The van der Waals surface area contributed by atoms with Gasteiger partial charge in [-0.05, 0) is 63.2 Å². The number of hydrogen-bond donors (Lipinski definition) is 2. The fourth-order valence-corrected chi connectivity index (χ4v) is 5.43. The van der Waals surface area contributed by atoms with Crippen LogP contribution in [0.5, 0.6) is 0 Å². The first-order valence-corrected chi connectivity index (χ1v) is 13.6. The maximum absolute atomic E-state index is 5.67. The minimum Gasteiger partial charge on any atom is -0.339 e. The topological polar surface area (TPSA) is 67.1 Å². The number of aromatic nitrogens is 2. The zero-order valence-corrected chi connectivity index (χ0v) is 21.6. The van der Waals surface area contributed by atoms with E-state index < -0.39 is 0 Å². The molecule has 5 heteroatoms. The summed E-state index contributed by atoms with van der Waals surface area (Å²) in [4.78, 5) is 12.6. The summed E-state index contributed by atoms with van der Waals surface area (Å²) in [7, 11) is 0. The van der Waals surface area contributed by atoms with Gasteiger partial charge in [0.1, 0.15) is 0 Å². The van der Waals surface area contributed by atoms with Gasteiger partial charge in [0, 0.05) is 28.1 Å². The van der Waals surface area contributed by atoms with Crippen LogP contribution in [0.4, 0.5) is 11.4 Å². The van der Waals surface area contributed by atoms with Crippen molar-refractivity contribution in [2.45, 2.75) is 19.3 Å². The van der Waals surface area contributed by atoms with Gasteiger partial charge < -0.3 is 16.0 Å². The van der Waals surface area contributed by atoms with E-state index in [1.54, 1.807) is 0 Å². The van der Waals surface area contributed by atoms with E-state index in [1.807, 2.05) is 0 Å². The lowest BCUT2D eigenvalue weighted by molar-refractivity contribution is 0.609. The lowest BCUT2D eigenvalue weighted by Gasteiger charge is -2.30.